The second-order valence-corrected chi connectivity index (χ2v) is 7.57. The van der Waals surface area contributed by atoms with Crippen LogP contribution in [0.15, 0.2) is 59.5 Å². The van der Waals surface area contributed by atoms with Gasteiger partial charge in [0.25, 0.3) is 0 Å². The maximum Gasteiger partial charge on any atom is 0.185 e. The highest BCUT2D eigenvalue weighted by Crippen LogP contribution is 2.16. The van der Waals surface area contributed by atoms with E-state index in [2.05, 4.69) is 37.4 Å². The van der Waals surface area contributed by atoms with Crippen LogP contribution in [-0.4, -0.2) is 12.0 Å². The monoisotopic (exact) mass is 366 g/mol. The maximum absolute atomic E-state index is 12.5. The molecule has 2 aromatic carbocycles. The van der Waals surface area contributed by atoms with Crippen LogP contribution in [0, 0.1) is 0 Å². The molecule has 0 fully saturated rings. The maximum atomic E-state index is 12.5. The van der Waals surface area contributed by atoms with Gasteiger partial charge in [-0.2, -0.15) is 0 Å². The highest BCUT2D eigenvalue weighted by Gasteiger charge is 2.03. The van der Waals surface area contributed by atoms with Gasteiger partial charge in [-0.15, -0.1) is 11.8 Å². The number of benzene rings is 2. The molecule has 0 heterocycles. The number of carbonyl (C=O) groups excluding carboxylic acids is 1. The lowest BCUT2D eigenvalue weighted by molar-refractivity contribution is 0.104. The predicted octanol–water partition coefficient (Wildman–Crippen LogP) is 7.21. The zero-order chi connectivity index (χ0) is 18.6. The molecule has 0 aliphatic carbocycles. The molecular weight excluding hydrogens is 336 g/mol. The summed E-state index contributed by atoms with van der Waals surface area (Å²) in [4.78, 5) is 13.7. The van der Waals surface area contributed by atoms with Crippen LogP contribution < -0.4 is 0 Å². The average molecular weight is 367 g/mol. The Kier molecular flexibility index (Phi) is 9.27. The lowest BCUT2D eigenvalue weighted by atomic mass is 10.0. The second-order valence-electron chi connectivity index (χ2n) is 6.69. The van der Waals surface area contributed by atoms with Crippen LogP contribution in [0.5, 0.6) is 0 Å². The van der Waals surface area contributed by atoms with Crippen molar-refractivity contribution in [1.29, 1.82) is 0 Å². The minimum absolute atomic E-state index is 0.0729. The van der Waals surface area contributed by atoms with Crippen molar-refractivity contribution in [2.75, 3.05) is 6.26 Å². The van der Waals surface area contributed by atoms with Gasteiger partial charge in [0.15, 0.2) is 5.78 Å². The lowest BCUT2D eigenvalue weighted by Gasteiger charge is -2.04. The molecule has 2 rings (SSSR count). The summed E-state index contributed by atoms with van der Waals surface area (Å²) >= 11 is 1.72. The summed E-state index contributed by atoms with van der Waals surface area (Å²) in [7, 11) is 0. The van der Waals surface area contributed by atoms with E-state index in [1.807, 2.05) is 30.3 Å². The van der Waals surface area contributed by atoms with E-state index in [-0.39, 0.29) is 5.78 Å². The van der Waals surface area contributed by atoms with E-state index in [0.717, 1.165) is 17.5 Å². The van der Waals surface area contributed by atoms with Crippen molar-refractivity contribution in [2.45, 2.75) is 56.8 Å². The van der Waals surface area contributed by atoms with Crippen molar-refractivity contribution >= 4 is 23.6 Å². The zero-order valence-corrected chi connectivity index (χ0v) is 16.9. The average Bonchev–Trinajstić information content (AvgIpc) is 2.69. The third kappa shape index (κ3) is 7.21. The molecule has 2 aromatic rings. The first kappa shape index (κ1) is 20.5. The van der Waals surface area contributed by atoms with E-state index < -0.39 is 0 Å². The van der Waals surface area contributed by atoms with E-state index in [4.69, 9.17) is 0 Å². The van der Waals surface area contributed by atoms with Crippen LogP contribution >= 0.6 is 11.8 Å². The molecule has 0 radical (unpaired) electrons. The van der Waals surface area contributed by atoms with Crippen molar-refractivity contribution in [3.63, 3.8) is 0 Å². The van der Waals surface area contributed by atoms with Gasteiger partial charge >= 0.3 is 0 Å². The Hall–Kier alpha value is -1.80. The standard InChI is InChI=1S/C24H30OS/c1-3-4-5-6-7-8-10-21-11-9-12-22(19-21)24(25)18-15-20-13-16-23(26-2)17-14-20/h9,11-19H,3-8,10H2,1-2H3. The van der Waals surface area contributed by atoms with Gasteiger partial charge in [0, 0.05) is 10.5 Å². The summed E-state index contributed by atoms with van der Waals surface area (Å²) in [6, 6.07) is 16.3. The summed E-state index contributed by atoms with van der Waals surface area (Å²) in [5.41, 5.74) is 3.11. The van der Waals surface area contributed by atoms with Crippen LogP contribution in [0.25, 0.3) is 6.08 Å². The molecule has 0 aliphatic heterocycles. The van der Waals surface area contributed by atoms with Crippen molar-refractivity contribution in [2.24, 2.45) is 0 Å². The number of carbonyl (C=O) groups is 1. The molecule has 0 saturated carbocycles. The Labute approximate surface area is 162 Å². The Morgan fingerprint density at radius 2 is 1.69 bits per heavy atom. The molecule has 0 bridgehead atoms. The molecule has 0 saturated heterocycles. The van der Waals surface area contributed by atoms with Gasteiger partial charge in [-0.1, -0.05) is 75.4 Å². The number of hydrogen-bond donors (Lipinski definition) is 0. The highest BCUT2D eigenvalue weighted by molar-refractivity contribution is 7.98. The van der Waals surface area contributed by atoms with Gasteiger partial charge in [0.2, 0.25) is 0 Å². The zero-order valence-electron chi connectivity index (χ0n) is 16.0. The van der Waals surface area contributed by atoms with Crippen molar-refractivity contribution in [3.05, 3.63) is 71.3 Å². The first-order valence-electron chi connectivity index (χ1n) is 9.68. The number of unbranched alkanes of at least 4 members (excludes halogenated alkanes) is 5. The normalized spacial score (nSPS) is 11.2. The van der Waals surface area contributed by atoms with Gasteiger partial charge in [-0.25, -0.2) is 0 Å². The molecule has 0 spiro atoms. The number of rotatable bonds is 11. The van der Waals surface area contributed by atoms with Crippen LogP contribution in [0.1, 0.15) is 66.9 Å². The largest absolute Gasteiger partial charge is 0.289 e. The Bertz CT molecular complexity index is 700. The Balaban J connectivity index is 1.87. The molecule has 0 amide bonds. The Morgan fingerprint density at radius 1 is 0.962 bits per heavy atom. The molecule has 0 N–H and O–H groups in total. The molecular formula is C24H30OS. The van der Waals surface area contributed by atoms with Crippen LogP contribution in [0.2, 0.25) is 0 Å². The van der Waals surface area contributed by atoms with Crippen LogP contribution in [-0.2, 0) is 6.42 Å². The first-order chi connectivity index (χ1) is 12.7. The lowest BCUT2D eigenvalue weighted by Crippen LogP contribution is -1.96. The molecule has 0 unspecified atom stereocenters. The highest BCUT2D eigenvalue weighted by atomic mass is 32.2. The smallest absolute Gasteiger partial charge is 0.185 e. The fraction of sp³-hybridized carbons (Fsp3) is 0.375. The third-order valence-electron chi connectivity index (χ3n) is 4.57. The summed E-state index contributed by atoms with van der Waals surface area (Å²) in [5, 5.41) is 0. The topological polar surface area (TPSA) is 17.1 Å². The Morgan fingerprint density at radius 3 is 2.42 bits per heavy atom. The first-order valence-corrected chi connectivity index (χ1v) is 10.9. The predicted molar refractivity (Wildman–Crippen MR) is 115 cm³/mol. The van der Waals surface area contributed by atoms with Gasteiger partial charge in [-0.3, -0.25) is 4.79 Å². The SMILES string of the molecule is CCCCCCCCc1cccc(C(=O)C=Cc2ccc(SC)cc2)c1. The quantitative estimate of drug-likeness (QED) is 0.181. The van der Waals surface area contributed by atoms with Crippen molar-refractivity contribution in [3.8, 4) is 0 Å². The van der Waals surface area contributed by atoms with Gasteiger partial charge in [-0.05, 0) is 54.5 Å². The molecule has 0 atom stereocenters. The number of aryl methyl sites for hydroxylation is 1. The molecule has 138 valence electrons. The minimum Gasteiger partial charge on any atom is -0.289 e. The number of thioether (sulfide) groups is 1. The molecule has 0 aromatic heterocycles. The van der Waals surface area contributed by atoms with Gasteiger partial charge in [0.05, 0.1) is 0 Å². The molecule has 26 heavy (non-hydrogen) atoms. The number of allylic oxidation sites excluding steroid dienone is 1. The molecule has 2 heteroatoms. The fourth-order valence-electron chi connectivity index (χ4n) is 2.97. The number of hydrogen-bond acceptors (Lipinski definition) is 2. The fourth-order valence-corrected chi connectivity index (χ4v) is 3.38. The van der Waals surface area contributed by atoms with E-state index >= 15 is 0 Å². The van der Waals surface area contributed by atoms with E-state index in [9.17, 15) is 4.79 Å². The van der Waals surface area contributed by atoms with Gasteiger partial charge in [0.1, 0.15) is 0 Å². The second kappa shape index (κ2) is 11.7. The summed E-state index contributed by atoms with van der Waals surface area (Å²) in [5.74, 6) is 0.0729. The summed E-state index contributed by atoms with van der Waals surface area (Å²) in [6.07, 6.45) is 14.5. The minimum atomic E-state index is 0.0729. The van der Waals surface area contributed by atoms with E-state index in [0.29, 0.717) is 0 Å². The summed E-state index contributed by atoms with van der Waals surface area (Å²) in [6.45, 7) is 2.25. The third-order valence-corrected chi connectivity index (χ3v) is 5.32. The van der Waals surface area contributed by atoms with Crippen LogP contribution in [0.3, 0.4) is 0 Å². The van der Waals surface area contributed by atoms with E-state index in [1.165, 1.54) is 49.0 Å². The van der Waals surface area contributed by atoms with Crippen LogP contribution in [0.4, 0.5) is 0 Å². The molecule has 1 nitrogen and oxygen atoms in total. The van der Waals surface area contributed by atoms with Crippen molar-refractivity contribution < 1.29 is 4.79 Å². The van der Waals surface area contributed by atoms with E-state index in [1.54, 1.807) is 17.8 Å². The summed E-state index contributed by atoms with van der Waals surface area (Å²) < 4.78 is 0. The number of ketones is 1. The van der Waals surface area contributed by atoms with Gasteiger partial charge < -0.3 is 0 Å². The molecule has 0 aliphatic rings. The van der Waals surface area contributed by atoms with Crippen molar-refractivity contribution in [1.82, 2.24) is 0 Å².